The van der Waals surface area contributed by atoms with Gasteiger partial charge < -0.3 is 10.2 Å². The van der Waals surface area contributed by atoms with Gasteiger partial charge in [0.15, 0.2) is 9.84 Å². The van der Waals surface area contributed by atoms with Crippen LogP contribution in [0.4, 0.5) is 0 Å². The number of aromatic nitrogens is 1. The number of hydrogen-bond donors (Lipinski definition) is 1. The number of nitrogens with one attached hydrogen (secondary N) is 1. The summed E-state index contributed by atoms with van der Waals surface area (Å²) in [6, 6.07) is 11.3. The Kier molecular flexibility index (Phi) is 5.85. The summed E-state index contributed by atoms with van der Waals surface area (Å²) in [4.78, 5) is 30.0. The summed E-state index contributed by atoms with van der Waals surface area (Å²) in [7, 11) is -3.77. The first kappa shape index (κ1) is 19.0. The highest BCUT2D eigenvalue weighted by Crippen LogP contribution is 2.27. The largest absolute Gasteiger partial charge is 0.346 e. The fourth-order valence-corrected chi connectivity index (χ4v) is 4.74. The second-order valence-electron chi connectivity index (χ2n) is 6.34. The average molecular weight is 387 g/mol. The SMILES string of the molecule is O=C(NC[C@H](c1cccnc1)S(=O)(=O)c1ccccc1)C(=O)N1CCCC1. The molecule has 2 amide bonds. The first-order valence-electron chi connectivity index (χ1n) is 8.76. The third-order valence-corrected chi connectivity index (χ3v) is 6.66. The number of sulfone groups is 1. The molecule has 2 aromatic rings. The van der Waals surface area contributed by atoms with Crippen LogP contribution in [0.5, 0.6) is 0 Å². The molecular formula is C19H21N3O4S. The normalized spacial score (nSPS) is 15.3. The third-order valence-electron chi connectivity index (χ3n) is 4.54. The van der Waals surface area contributed by atoms with Crippen LogP contribution in [-0.4, -0.2) is 49.8 Å². The number of amides is 2. The zero-order valence-electron chi connectivity index (χ0n) is 14.7. The van der Waals surface area contributed by atoms with Crippen molar-refractivity contribution in [1.29, 1.82) is 0 Å². The van der Waals surface area contributed by atoms with Crippen molar-refractivity contribution in [1.82, 2.24) is 15.2 Å². The van der Waals surface area contributed by atoms with E-state index in [9.17, 15) is 18.0 Å². The maximum Gasteiger partial charge on any atom is 0.311 e. The van der Waals surface area contributed by atoms with Crippen LogP contribution in [0, 0.1) is 0 Å². The molecule has 27 heavy (non-hydrogen) atoms. The zero-order chi connectivity index (χ0) is 19.3. The van der Waals surface area contributed by atoms with Gasteiger partial charge >= 0.3 is 11.8 Å². The van der Waals surface area contributed by atoms with E-state index in [1.807, 2.05) is 0 Å². The van der Waals surface area contributed by atoms with E-state index in [4.69, 9.17) is 0 Å². The minimum absolute atomic E-state index is 0.152. The van der Waals surface area contributed by atoms with E-state index in [-0.39, 0.29) is 11.4 Å². The Labute approximate surface area is 158 Å². The summed E-state index contributed by atoms with van der Waals surface area (Å²) in [5.74, 6) is -1.40. The Hall–Kier alpha value is -2.74. The third kappa shape index (κ3) is 4.33. The molecule has 0 aliphatic carbocycles. The molecule has 0 saturated carbocycles. The van der Waals surface area contributed by atoms with Gasteiger partial charge in [-0.15, -0.1) is 0 Å². The Morgan fingerprint density at radius 2 is 1.78 bits per heavy atom. The molecule has 1 aromatic carbocycles. The van der Waals surface area contributed by atoms with E-state index < -0.39 is 26.9 Å². The molecule has 1 fully saturated rings. The van der Waals surface area contributed by atoms with Gasteiger partial charge in [-0.2, -0.15) is 0 Å². The number of hydrogen-bond acceptors (Lipinski definition) is 5. The van der Waals surface area contributed by atoms with Gasteiger partial charge in [0.2, 0.25) is 0 Å². The minimum atomic E-state index is -3.77. The molecular weight excluding hydrogens is 366 g/mol. The smallest absolute Gasteiger partial charge is 0.311 e. The predicted octanol–water partition coefficient (Wildman–Crippen LogP) is 1.34. The molecule has 1 aliphatic heterocycles. The van der Waals surface area contributed by atoms with Gasteiger partial charge in [-0.05, 0) is 36.6 Å². The summed E-state index contributed by atoms with van der Waals surface area (Å²) >= 11 is 0. The number of likely N-dealkylation sites (tertiary alicyclic amines) is 1. The molecule has 0 bridgehead atoms. The molecule has 1 aromatic heterocycles. The monoisotopic (exact) mass is 387 g/mol. The lowest BCUT2D eigenvalue weighted by Crippen LogP contribution is -2.43. The fourth-order valence-electron chi connectivity index (χ4n) is 3.07. The number of nitrogens with zero attached hydrogens (tertiary/aromatic N) is 2. The topological polar surface area (TPSA) is 96.4 Å². The Morgan fingerprint density at radius 1 is 1.07 bits per heavy atom. The van der Waals surface area contributed by atoms with Gasteiger partial charge in [0.25, 0.3) is 0 Å². The van der Waals surface area contributed by atoms with Crippen LogP contribution in [0.2, 0.25) is 0 Å². The standard InChI is InChI=1S/C19H21N3O4S/c23-18(19(24)22-11-4-5-12-22)21-14-17(15-7-6-10-20-13-15)27(25,26)16-8-2-1-3-9-16/h1-3,6-10,13,17H,4-5,11-12,14H2,(H,21,23)/t17-/m1/s1. The molecule has 0 unspecified atom stereocenters. The summed E-state index contributed by atoms with van der Waals surface area (Å²) < 4.78 is 26.2. The van der Waals surface area contributed by atoms with Gasteiger partial charge in [-0.1, -0.05) is 24.3 Å². The Morgan fingerprint density at radius 3 is 2.41 bits per heavy atom. The fraction of sp³-hybridized carbons (Fsp3) is 0.316. The second kappa shape index (κ2) is 8.30. The zero-order valence-corrected chi connectivity index (χ0v) is 15.6. The van der Waals surface area contributed by atoms with Crippen LogP contribution in [0.25, 0.3) is 0 Å². The van der Waals surface area contributed by atoms with Crippen molar-refractivity contribution in [3.05, 3.63) is 60.4 Å². The molecule has 7 nitrogen and oxygen atoms in total. The van der Waals surface area contributed by atoms with Crippen molar-refractivity contribution >= 4 is 21.7 Å². The number of benzene rings is 1. The van der Waals surface area contributed by atoms with Crippen LogP contribution in [0.3, 0.4) is 0 Å². The maximum atomic E-state index is 13.1. The van der Waals surface area contributed by atoms with Gasteiger partial charge in [-0.3, -0.25) is 14.6 Å². The molecule has 8 heteroatoms. The van der Waals surface area contributed by atoms with Gasteiger partial charge in [0, 0.05) is 32.0 Å². The maximum absolute atomic E-state index is 13.1. The minimum Gasteiger partial charge on any atom is -0.346 e. The van der Waals surface area contributed by atoms with Crippen LogP contribution in [0.1, 0.15) is 23.7 Å². The number of carbonyl (C=O) groups is 2. The highest BCUT2D eigenvalue weighted by atomic mass is 32.2. The number of pyridine rings is 1. The highest BCUT2D eigenvalue weighted by molar-refractivity contribution is 7.91. The summed E-state index contributed by atoms with van der Waals surface area (Å²) in [5.41, 5.74) is 0.454. The molecule has 0 spiro atoms. The lowest BCUT2D eigenvalue weighted by Gasteiger charge is -2.20. The van der Waals surface area contributed by atoms with Crippen LogP contribution < -0.4 is 5.32 Å². The number of carbonyl (C=O) groups excluding carboxylic acids is 2. The van der Waals surface area contributed by atoms with Crippen LogP contribution in [-0.2, 0) is 19.4 Å². The summed E-state index contributed by atoms with van der Waals surface area (Å²) in [6.45, 7) is 0.905. The first-order chi connectivity index (χ1) is 13.0. The van der Waals surface area contributed by atoms with Crippen molar-refractivity contribution in [2.24, 2.45) is 0 Å². The summed E-state index contributed by atoms with van der Waals surface area (Å²) in [6.07, 6.45) is 4.75. The van der Waals surface area contributed by atoms with Crippen LogP contribution in [0.15, 0.2) is 59.8 Å². The van der Waals surface area contributed by atoms with Gasteiger partial charge in [0.05, 0.1) is 4.90 Å². The molecule has 1 aliphatic rings. The van der Waals surface area contributed by atoms with E-state index in [0.29, 0.717) is 18.7 Å². The van der Waals surface area contributed by atoms with E-state index in [1.54, 1.807) is 36.5 Å². The van der Waals surface area contributed by atoms with Crippen molar-refractivity contribution in [2.45, 2.75) is 23.0 Å². The predicted molar refractivity (Wildman–Crippen MR) is 99.4 cm³/mol. The quantitative estimate of drug-likeness (QED) is 0.781. The lowest BCUT2D eigenvalue weighted by molar-refractivity contribution is -0.145. The average Bonchev–Trinajstić information content (AvgIpc) is 3.23. The van der Waals surface area contributed by atoms with Gasteiger partial charge in [-0.25, -0.2) is 8.42 Å². The Bertz CT molecular complexity index is 895. The van der Waals surface area contributed by atoms with Crippen LogP contribution >= 0.6 is 0 Å². The van der Waals surface area contributed by atoms with Crippen molar-refractivity contribution in [2.75, 3.05) is 19.6 Å². The molecule has 1 saturated heterocycles. The van der Waals surface area contributed by atoms with E-state index >= 15 is 0 Å². The summed E-state index contributed by atoms with van der Waals surface area (Å²) in [5, 5.41) is 1.46. The molecule has 142 valence electrons. The first-order valence-corrected chi connectivity index (χ1v) is 10.3. The molecule has 0 radical (unpaired) electrons. The van der Waals surface area contributed by atoms with Crippen molar-refractivity contribution in [3.63, 3.8) is 0 Å². The molecule has 1 atom stereocenters. The molecule has 1 N–H and O–H groups in total. The number of rotatable bonds is 5. The second-order valence-corrected chi connectivity index (χ2v) is 8.47. The van der Waals surface area contributed by atoms with E-state index in [1.165, 1.54) is 23.2 Å². The van der Waals surface area contributed by atoms with Gasteiger partial charge in [0.1, 0.15) is 5.25 Å². The molecule has 2 heterocycles. The van der Waals surface area contributed by atoms with Crippen molar-refractivity contribution in [3.8, 4) is 0 Å². The highest BCUT2D eigenvalue weighted by Gasteiger charge is 2.31. The van der Waals surface area contributed by atoms with E-state index in [0.717, 1.165) is 12.8 Å². The molecule has 3 rings (SSSR count). The van der Waals surface area contributed by atoms with E-state index in [2.05, 4.69) is 10.3 Å². The van der Waals surface area contributed by atoms with Crippen molar-refractivity contribution < 1.29 is 18.0 Å². The lowest BCUT2D eigenvalue weighted by atomic mass is 10.2. The Balaban J connectivity index is 1.81.